The van der Waals surface area contributed by atoms with Crippen LogP contribution >= 0.6 is 0 Å². The van der Waals surface area contributed by atoms with E-state index in [0.29, 0.717) is 18.0 Å². The number of rotatable bonds is 5. The summed E-state index contributed by atoms with van der Waals surface area (Å²) in [5.74, 6) is 0.0289. The van der Waals surface area contributed by atoms with Crippen LogP contribution in [-0.2, 0) is 6.42 Å². The maximum Gasteiger partial charge on any atom is 0.289 e. The summed E-state index contributed by atoms with van der Waals surface area (Å²) in [5.41, 5.74) is 11.2. The number of amides is 1. The van der Waals surface area contributed by atoms with Gasteiger partial charge in [-0.1, -0.05) is 60.7 Å². The van der Waals surface area contributed by atoms with Gasteiger partial charge in [-0.25, -0.2) is 9.97 Å². The summed E-state index contributed by atoms with van der Waals surface area (Å²) < 4.78 is 2.04. The number of para-hydroxylation sites is 1. The third-order valence-electron chi connectivity index (χ3n) is 5.55. The van der Waals surface area contributed by atoms with E-state index in [1.54, 1.807) is 0 Å². The average Bonchev–Trinajstić information content (AvgIpc) is 3.14. The van der Waals surface area contributed by atoms with E-state index in [-0.39, 0.29) is 11.7 Å². The molecule has 0 aliphatic carbocycles. The fourth-order valence-electron chi connectivity index (χ4n) is 4.05. The summed E-state index contributed by atoms with van der Waals surface area (Å²) in [7, 11) is 0. The number of nitrogens with one attached hydrogen (secondary N) is 1. The maximum atomic E-state index is 12.8. The van der Waals surface area contributed by atoms with E-state index in [9.17, 15) is 4.79 Å². The van der Waals surface area contributed by atoms with Gasteiger partial charge in [-0.15, -0.1) is 0 Å². The fourth-order valence-corrected chi connectivity index (χ4v) is 4.05. The molecule has 6 nitrogen and oxygen atoms in total. The first-order valence-electron chi connectivity index (χ1n) is 10.6. The zero-order chi connectivity index (χ0) is 22.1. The summed E-state index contributed by atoms with van der Waals surface area (Å²) in [5, 5.41) is 4.62. The Kier molecular flexibility index (Phi) is 5.03. The average molecular weight is 422 g/mol. The maximum absolute atomic E-state index is 12.8. The molecule has 0 bridgehead atoms. The first kappa shape index (κ1) is 19.8. The van der Waals surface area contributed by atoms with Gasteiger partial charge in [0.15, 0.2) is 5.65 Å². The van der Waals surface area contributed by atoms with Gasteiger partial charge < -0.3 is 11.1 Å². The molecule has 0 saturated carbocycles. The van der Waals surface area contributed by atoms with Crippen LogP contribution in [0.4, 0.5) is 5.82 Å². The Morgan fingerprint density at radius 3 is 2.56 bits per heavy atom. The predicted octanol–water partition coefficient (Wildman–Crippen LogP) is 4.44. The first-order chi connectivity index (χ1) is 15.6. The van der Waals surface area contributed by atoms with Crippen LogP contribution in [0.1, 0.15) is 21.7 Å². The van der Waals surface area contributed by atoms with Crippen LogP contribution in [0.15, 0.2) is 78.9 Å². The van der Waals surface area contributed by atoms with Gasteiger partial charge in [0.2, 0.25) is 5.82 Å². The molecule has 3 N–H and O–H groups in total. The van der Waals surface area contributed by atoms with E-state index >= 15 is 0 Å². The number of nitrogens with zero attached hydrogens (tertiary/aromatic N) is 3. The lowest BCUT2D eigenvalue weighted by atomic mass is 10.1. The summed E-state index contributed by atoms with van der Waals surface area (Å²) >= 11 is 0. The molecular weight excluding hydrogens is 398 g/mol. The second kappa shape index (κ2) is 8.15. The van der Waals surface area contributed by atoms with Crippen molar-refractivity contribution in [3.8, 4) is 5.69 Å². The van der Waals surface area contributed by atoms with E-state index in [4.69, 9.17) is 5.73 Å². The van der Waals surface area contributed by atoms with Crippen molar-refractivity contribution >= 4 is 33.7 Å². The lowest BCUT2D eigenvalue weighted by molar-refractivity contribution is 0.0944. The fraction of sp³-hybridized carbons (Fsp3) is 0.115. The summed E-state index contributed by atoms with van der Waals surface area (Å²) in [6, 6.07) is 26.2. The van der Waals surface area contributed by atoms with Crippen LogP contribution in [0.2, 0.25) is 0 Å². The van der Waals surface area contributed by atoms with Crippen molar-refractivity contribution in [3.63, 3.8) is 0 Å². The second-order valence-corrected chi connectivity index (χ2v) is 7.81. The SMILES string of the molecule is Cc1cccc(-n2c3ccccc3c3c(N)nc(C(=O)NCCc4ccccc4)nc32)c1. The molecule has 32 heavy (non-hydrogen) atoms. The van der Waals surface area contributed by atoms with Crippen LogP contribution in [0.25, 0.3) is 27.6 Å². The molecule has 5 aromatic rings. The number of fused-ring (bicyclic) bond motifs is 3. The highest BCUT2D eigenvalue weighted by molar-refractivity contribution is 6.13. The normalized spacial score (nSPS) is 11.2. The minimum Gasteiger partial charge on any atom is -0.383 e. The topological polar surface area (TPSA) is 85.8 Å². The number of carbonyl (C=O) groups is 1. The van der Waals surface area contributed by atoms with Crippen molar-refractivity contribution in [2.24, 2.45) is 0 Å². The number of hydrogen-bond acceptors (Lipinski definition) is 4. The van der Waals surface area contributed by atoms with E-state index in [1.807, 2.05) is 84.3 Å². The van der Waals surface area contributed by atoms with Gasteiger partial charge in [-0.2, -0.15) is 0 Å². The predicted molar refractivity (Wildman–Crippen MR) is 128 cm³/mol. The first-order valence-corrected chi connectivity index (χ1v) is 10.6. The molecule has 0 fully saturated rings. The number of aromatic nitrogens is 3. The van der Waals surface area contributed by atoms with E-state index in [1.165, 1.54) is 0 Å². The minimum absolute atomic E-state index is 0.0692. The van der Waals surface area contributed by atoms with Crippen LogP contribution in [-0.4, -0.2) is 27.0 Å². The molecule has 0 radical (unpaired) electrons. The zero-order valence-electron chi connectivity index (χ0n) is 17.7. The van der Waals surface area contributed by atoms with Crippen molar-refractivity contribution in [3.05, 3.63) is 95.8 Å². The standard InChI is InChI=1S/C26H23N5O/c1-17-8-7-11-19(16-17)31-21-13-6-5-12-20(21)22-23(27)29-24(30-25(22)31)26(32)28-15-14-18-9-3-2-4-10-18/h2-13,16H,14-15H2,1H3,(H,28,32)(H2,27,29,30). The molecule has 0 saturated heterocycles. The number of nitrogen functional groups attached to an aromatic ring is 1. The number of anilines is 1. The molecule has 3 aromatic carbocycles. The van der Waals surface area contributed by atoms with Crippen molar-refractivity contribution in [1.29, 1.82) is 0 Å². The number of carbonyl (C=O) groups excluding carboxylic acids is 1. The third-order valence-corrected chi connectivity index (χ3v) is 5.55. The lowest BCUT2D eigenvalue weighted by Gasteiger charge is -2.09. The molecule has 0 aliphatic heterocycles. The summed E-state index contributed by atoms with van der Waals surface area (Å²) in [6.07, 6.45) is 0.730. The molecule has 6 heteroatoms. The molecule has 5 rings (SSSR count). The van der Waals surface area contributed by atoms with Gasteiger partial charge in [0.05, 0.1) is 10.9 Å². The van der Waals surface area contributed by atoms with Crippen LogP contribution in [0.3, 0.4) is 0 Å². The van der Waals surface area contributed by atoms with Crippen LogP contribution in [0, 0.1) is 6.92 Å². The number of aryl methyl sites for hydroxylation is 1. The number of benzene rings is 3. The molecule has 0 atom stereocenters. The zero-order valence-corrected chi connectivity index (χ0v) is 17.7. The molecule has 0 aliphatic rings. The van der Waals surface area contributed by atoms with Gasteiger partial charge in [-0.3, -0.25) is 9.36 Å². The lowest BCUT2D eigenvalue weighted by Crippen LogP contribution is -2.28. The molecule has 0 spiro atoms. The van der Waals surface area contributed by atoms with E-state index in [2.05, 4.69) is 21.4 Å². The summed E-state index contributed by atoms with van der Waals surface area (Å²) in [6.45, 7) is 2.54. The monoisotopic (exact) mass is 421 g/mol. The highest BCUT2D eigenvalue weighted by Gasteiger charge is 2.20. The number of hydrogen-bond donors (Lipinski definition) is 2. The summed E-state index contributed by atoms with van der Waals surface area (Å²) in [4.78, 5) is 21.9. The third kappa shape index (κ3) is 3.56. The van der Waals surface area contributed by atoms with Gasteiger partial charge in [0.25, 0.3) is 5.91 Å². The Labute approximate surface area is 185 Å². The van der Waals surface area contributed by atoms with Gasteiger partial charge in [0, 0.05) is 17.6 Å². The van der Waals surface area contributed by atoms with Crippen molar-refractivity contribution in [2.45, 2.75) is 13.3 Å². The van der Waals surface area contributed by atoms with Crippen molar-refractivity contribution in [1.82, 2.24) is 19.9 Å². The van der Waals surface area contributed by atoms with Gasteiger partial charge >= 0.3 is 0 Å². The quantitative estimate of drug-likeness (QED) is 0.439. The highest BCUT2D eigenvalue weighted by atomic mass is 16.2. The molecule has 2 aromatic heterocycles. The van der Waals surface area contributed by atoms with Crippen LogP contribution in [0.5, 0.6) is 0 Å². The highest BCUT2D eigenvalue weighted by Crippen LogP contribution is 2.33. The molecule has 2 heterocycles. The van der Waals surface area contributed by atoms with Gasteiger partial charge in [-0.05, 0) is 42.7 Å². The van der Waals surface area contributed by atoms with Crippen molar-refractivity contribution in [2.75, 3.05) is 12.3 Å². The Morgan fingerprint density at radius 1 is 0.969 bits per heavy atom. The van der Waals surface area contributed by atoms with E-state index in [0.717, 1.165) is 39.5 Å². The van der Waals surface area contributed by atoms with Crippen LogP contribution < -0.4 is 11.1 Å². The Balaban J connectivity index is 1.57. The largest absolute Gasteiger partial charge is 0.383 e. The van der Waals surface area contributed by atoms with E-state index < -0.39 is 0 Å². The molecule has 0 unspecified atom stereocenters. The Hall–Kier alpha value is -4.19. The Morgan fingerprint density at radius 2 is 1.75 bits per heavy atom. The molecule has 158 valence electrons. The Bertz CT molecular complexity index is 1440. The van der Waals surface area contributed by atoms with Crippen molar-refractivity contribution < 1.29 is 4.79 Å². The minimum atomic E-state index is -0.337. The molecule has 1 amide bonds. The smallest absolute Gasteiger partial charge is 0.289 e. The van der Waals surface area contributed by atoms with Gasteiger partial charge in [0.1, 0.15) is 5.82 Å². The second-order valence-electron chi connectivity index (χ2n) is 7.81. The number of nitrogens with two attached hydrogens (primary N) is 1. The molecular formula is C26H23N5O.